The predicted molar refractivity (Wildman–Crippen MR) is 102 cm³/mol. The third kappa shape index (κ3) is 5.75. The molecule has 2 unspecified atom stereocenters. The Labute approximate surface area is 153 Å². The zero-order valence-electron chi connectivity index (χ0n) is 15.3. The van der Waals surface area contributed by atoms with Crippen LogP contribution in [0.3, 0.4) is 0 Å². The van der Waals surface area contributed by atoms with Gasteiger partial charge in [0.1, 0.15) is 11.5 Å². The van der Waals surface area contributed by atoms with E-state index in [0.717, 1.165) is 12.2 Å². The van der Waals surface area contributed by atoms with Crippen molar-refractivity contribution >= 4 is 11.6 Å². The Morgan fingerprint density at radius 1 is 1.19 bits per heavy atom. The van der Waals surface area contributed by atoms with Gasteiger partial charge in [0.05, 0.1) is 18.9 Å². The zero-order chi connectivity index (χ0) is 19.1. The number of phenols is 1. The van der Waals surface area contributed by atoms with Gasteiger partial charge >= 0.3 is 0 Å². The first-order valence-electron chi connectivity index (χ1n) is 8.54. The van der Waals surface area contributed by atoms with E-state index in [1.165, 1.54) is 18.6 Å². The first-order chi connectivity index (χ1) is 12.4. The first-order valence-corrected chi connectivity index (χ1v) is 8.54. The fourth-order valence-electron chi connectivity index (χ4n) is 2.67. The number of anilines is 1. The van der Waals surface area contributed by atoms with Crippen LogP contribution in [0.1, 0.15) is 31.1 Å². The molecule has 6 heteroatoms. The Balaban J connectivity index is 1.90. The van der Waals surface area contributed by atoms with Gasteiger partial charge in [-0.3, -0.25) is 4.79 Å². The molecule has 6 nitrogen and oxygen atoms in total. The van der Waals surface area contributed by atoms with E-state index in [4.69, 9.17) is 4.74 Å². The normalized spacial score (nSPS) is 13.1. The van der Waals surface area contributed by atoms with E-state index in [0.29, 0.717) is 17.8 Å². The van der Waals surface area contributed by atoms with Gasteiger partial charge in [-0.1, -0.05) is 18.2 Å². The molecule has 2 rings (SSSR count). The van der Waals surface area contributed by atoms with Gasteiger partial charge in [0.15, 0.2) is 0 Å². The number of rotatable bonds is 8. The molecule has 140 valence electrons. The molecule has 0 bridgehead atoms. The van der Waals surface area contributed by atoms with E-state index in [2.05, 4.69) is 17.6 Å². The second-order valence-corrected chi connectivity index (χ2v) is 6.34. The van der Waals surface area contributed by atoms with Gasteiger partial charge in [0.2, 0.25) is 5.91 Å². The highest BCUT2D eigenvalue weighted by molar-refractivity contribution is 5.90. The van der Waals surface area contributed by atoms with Crippen LogP contribution in [-0.2, 0) is 11.2 Å². The van der Waals surface area contributed by atoms with Crippen LogP contribution in [0, 0.1) is 0 Å². The lowest BCUT2D eigenvalue weighted by Crippen LogP contribution is -2.32. The highest BCUT2D eigenvalue weighted by atomic mass is 16.5. The molecule has 0 heterocycles. The van der Waals surface area contributed by atoms with E-state index < -0.39 is 6.10 Å². The van der Waals surface area contributed by atoms with Crippen LogP contribution in [0.25, 0.3) is 0 Å². The Bertz CT molecular complexity index is 731. The maximum atomic E-state index is 11.2. The molecule has 0 aliphatic rings. The molecule has 1 amide bonds. The van der Waals surface area contributed by atoms with Crippen LogP contribution in [0.2, 0.25) is 0 Å². The fraction of sp³-hybridized carbons (Fsp3) is 0.350. The number of hydrogen-bond acceptors (Lipinski definition) is 5. The van der Waals surface area contributed by atoms with E-state index in [1.807, 2.05) is 24.3 Å². The summed E-state index contributed by atoms with van der Waals surface area (Å²) in [6, 6.07) is 12.8. The molecule has 0 spiro atoms. The van der Waals surface area contributed by atoms with Crippen LogP contribution in [0.4, 0.5) is 5.69 Å². The fourth-order valence-corrected chi connectivity index (χ4v) is 2.67. The number of methoxy groups -OCH3 is 1. The molecule has 0 saturated carbocycles. The number of aliphatic hydroxyl groups excluding tert-OH is 1. The monoisotopic (exact) mass is 358 g/mol. The lowest BCUT2D eigenvalue weighted by atomic mass is 10.1. The van der Waals surface area contributed by atoms with Crippen LogP contribution in [0.15, 0.2) is 42.5 Å². The average molecular weight is 358 g/mol. The Hall–Kier alpha value is -2.57. The maximum Gasteiger partial charge on any atom is 0.221 e. The van der Waals surface area contributed by atoms with E-state index in [-0.39, 0.29) is 17.7 Å². The summed E-state index contributed by atoms with van der Waals surface area (Å²) in [4.78, 5) is 11.2. The standard InChI is InChI=1S/C20H26N2O4/c1-13(10-15-4-7-17(26-3)8-5-15)21-12-20(25)16-6-9-19(24)18(11-16)22-14(2)23/h4-9,11,13,20-21,24-25H,10,12H2,1-3H3,(H,22,23). The minimum absolute atomic E-state index is 0.0306. The minimum atomic E-state index is -0.749. The number of aromatic hydroxyl groups is 1. The molecule has 2 aromatic rings. The lowest BCUT2D eigenvalue weighted by molar-refractivity contribution is -0.114. The summed E-state index contributed by atoms with van der Waals surface area (Å²) in [6.07, 6.45) is 0.0742. The maximum absolute atomic E-state index is 11.2. The number of benzene rings is 2. The zero-order valence-corrected chi connectivity index (χ0v) is 15.3. The number of phenolic OH excluding ortho intramolecular Hbond substituents is 1. The molecule has 0 aliphatic heterocycles. The number of nitrogens with one attached hydrogen (secondary N) is 2. The van der Waals surface area contributed by atoms with Crippen molar-refractivity contribution in [3.63, 3.8) is 0 Å². The SMILES string of the molecule is COc1ccc(CC(C)NCC(O)c2ccc(O)c(NC(C)=O)c2)cc1. The summed E-state index contributed by atoms with van der Waals surface area (Å²) in [5.41, 5.74) is 2.09. The molecular formula is C20H26N2O4. The van der Waals surface area contributed by atoms with Crippen LogP contribution in [0.5, 0.6) is 11.5 Å². The largest absolute Gasteiger partial charge is 0.506 e. The predicted octanol–water partition coefficient (Wildman–Crippen LogP) is 2.61. The van der Waals surface area contributed by atoms with Gasteiger partial charge < -0.3 is 25.6 Å². The van der Waals surface area contributed by atoms with Crippen LogP contribution in [-0.4, -0.2) is 35.8 Å². The van der Waals surface area contributed by atoms with Crippen molar-refractivity contribution in [1.29, 1.82) is 0 Å². The molecule has 0 fully saturated rings. The molecule has 2 atom stereocenters. The molecule has 0 aliphatic carbocycles. The van der Waals surface area contributed by atoms with Crippen molar-refractivity contribution in [2.45, 2.75) is 32.4 Å². The van der Waals surface area contributed by atoms with E-state index in [1.54, 1.807) is 19.2 Å². The van der Waals surface area contributed by atoms with Crippen molar-refractivity contribution in [1.82, 2.24) is 5.32 Å². The number of aliphatic hydroxyl groups is 1. The second kappa shape index (κ2) is 9.22. The lowest BCUT2D eigenvalue weighted by Gasteiger charge is -2.18. The molecular weight excluding hydrogens is 332 g/mol. The topological polar surface area (TPSA) is 90.8 Å². The molecule has 2 aromatic carbocycles. The summed E-state index contributed by atoms with van der Waals surface area (Å²) in [6.45, 7) is 3.78. The summed E-state index contributed by atoms with van der Waals surface area (Å²) >= 11 is 0. The third-order valence-corrected chi connectivity index (χ3v) is 4.08. The van der Waals surface area contributed by atoms with Gasteiger partial charge in [-0.15, -0.1) is 0 Å². The van der Waals surface area contributed by atoms with Crippen molar-refractivity contribution in [3.8, 4) is 11.5 Å². The molecule has 0 saturated heterocycles. The van der Waals surface area contributed by atoms with E-state index >= 15 is 0 Å². The molecule has 0 aromatic heterocycles. The minimum Gasteiger partial charge on any atom is -0.506 e. The molecule has 0 radical (unpaired) electrons. The Morgan fingerprint density at radius 3 is 2.50 bits per heavy atom. The second-order valence-electron chi connectivity index (χ2n) is 6.34. The van der Waals surface area contributed by atoms with Gasteiger partial charge in [-0.05, 0) is 48.7 Å². The third-order valence-electron chi connectivity index (χ3n) is 4.08. The van der Waals surface area contributed by atoms with Gasteiger partial charge in [0, 0.05) is 19.5 Å². The number of hydrogen-bond donors (Lipinski definition) is 4. The summed E-state index contributed by atoms with van der Waals surface area (Å²) in [7, 11) is 1.64. The van der Waals surface area contributed by atoms with Gasteiger partial charge in [-0.25, -0.2) is 0 Å². The van der Waals surface area contributed by atoms with E-state index in [9.17, 15) is 15.0 Å². The number of ether oxygens (including phenoxy) is 1. The summed E-state index contributed by atoms with van der Waals surface area (Å²) in [5.74, 6) is 0.516. The number of amides is 1. The number of carbonyl (C=O) groups excluding carboxylic acids is 1. The van der Waals surface area contributed by atoms with Gasteiger partial charge in [-0.2, -0.15) is 0 Å². The summed E-state index contributed by atoms with van der Waals surface area (Å²) < 4.78 is 5.15. The van der Waals surface area contributed by atoms with Crippen molar-refractivity contribution < 1.29 is 19.7 Å². The number of carbonyl (C=O) groups is 1. The highest BCUT2D eigenvalue weighted by Crippen LogP contribution is 2.27. The Morgan fingerprint density at radius 2 is 1.88 bits per heavy atom. The molecule has 26 heavy (non-hydrogen) atoms. The summed E-state index contributed by atoms with van der Waals surface area (Å²) in [5, 5.41) is 26.0. The Kier molecular flexibility index (Phi) is 7.00. The molecule has 4 N–H and O–H groups in total. The van der Waals surface area contributed by atoms with Crippen LogP contribution < -0.4 is 15.4 Å². The average Bonchev–Trinajstić information content (AvgIpc) is 2.62. The highest BCUT2D eigenvalue weighted by Gasteiger charge is 2.13. The van der Waals surface area contributed by atoms with Crippen molar-refractivity contribution in [3.05, 3.63) is 53.6 Å². The van der Waals surface area contributed by atoms with Gasteiger partial charge in [0.25, 0.3) is 0 Å². The smallest absolute Gasteiger partial charge is 0.221 e. The van der Waals surface area contributed by atoms with Crippen LogP contribution >= 0.6 is 0 Å². The van der Waals surface area contributed by atoms with Crippen molar-refractivity contribution in [2.24, 2.45) is 0 Å². The van der Waals surface area contributed by atoms with Crippen molar-refractivity contribution in [2.75, 3.05) is 19.0 Å². The quantitative estimate of drug-likeness (QED) is 0.545. The first kappa shape index (κ1) is 19.8.